The van der Waals surface area contributed by atoms with Crippen LogP contribution in [0.1, 0.15) is 20.7 Å². The molecule has 2 N–H and O–H groups in total. The molecular weight excluding hydrogens is 287 g/mol. The smallest absolute Gasteiger partial charge is 0.338 e. The molecule has 0 fully saturated rings. The highest BCUT2D eigenvalue weighted by Gasteiger charge is 2.15. The van der Waals surface area contributed by atoms with E-state index in [2.05, 4.69) is 5.32 Å². The van der Waals surface area contributed by atoms with E-state index in [-0.39, 0.29) is 5.69 Å². The molecule has 0 aliphatic carbocycles. The first-order chi connectivity index (χ1) is 9.88. The van der Waals surface area contributed by atoms with Crippen LogP contribution in [0, 0.1) is 17.5 Å². The van der Waals surface area contributed by atoms with Crippen LogP contribution in [0.4, 0.5) is 18.9 Å². The minimum atomic E-state index is -1.46. The molecule has 7 heteroatoms. The van der Waals surface area contributed by atoms with Gasteiger partial charge in [0.1, 0.15) is 17.5 Å². The fourth-order valence-corrected chi connectivity index (χ4v) is 1.64. The van der Waals surface area contributed by atoms with Crippen molar-refractivity contribution in [2.45, 2.75) is 0 Å². The van der Waals surface area contributed by atoms with Crippen LogP contribution in [0.2, 0.25) is 0 Å². The highest BCUT2D eigenvalue weighted by Crippen LogP contribution is 2.17. The third-order valence-electron chi connectivity index (χ3n) is 2.63. The van der Waals surface area contributed by atoms with Gasteiger partial charge in [0.2, 0.25) is 0 Å². The van der Waals surface area contributed by atoms with Crippen LogP contribution in [-0.2, 0) is 0 Å². The van der Waals surface area contributed by atoms with E-state index in [4.69, 9.17) is 5.11 Å². The first kappa shape index (κ1) is 14.6. The molecule has 0 heterocycles. The van der Waals surface area contributed by atoms with Gasteiger partial charge in [-0.3, -0.25) is 4.79 Å². The van der Waals surface area contributed by atoms with Crippen LogP contribution in [0.5, 0.6) is 0 Å². The highest BCUT2D eigenvalue weighted by molar-refractivity contribution is 6.04. The van der Waals surface area contributed by atoms with E-state index in [0.717, 1.165) is 30.3 Å². The topological polar surface area (TPSA) is 66.4 Å². The van der Waals surface area contributed by atoms with Gasteiger partial charge >= 0.3 is 5.97 Å². The zero-order valence-electron chi connectivity index (χ0n) is 10.4. The summed E-state index contributed by atoms with van der Waals surface area (Å²) in [5.74, 6) is -5.22. The minimum absolute atomic E-state index is 0.0776. The van der Waals surface area contributed by atoms with Gasteiger partial charge in [0.25, 0.3) is 5.91 Å². The molecule has 0 aromatic heterocycles. The van der Waals surface area contributed by atoms with Crippen molar-refractivity contribution in [1.29, 1.82) is 0 Å². The van der Waals surface area contributed by atoms with E-state index in [0.29, 0.717) is 6.07 Å². The molecular formula is C14H8F3NO3. The van der Waals surface area contributed by atoms with Crippen LogP contribution in [-0.4, -0.2) is 17.0 Å². The average molecular weight is 295 g/mol. The Hall–Kier alpha value is -2.83. The Balaban J connectivity index is 2.26. The van der Waals surface area contributed by atoms with Crippen molar-refractivity contribution in [3.05, 3.63) is 65.0 Å². The van der Waals surface area contributed by atoms with Gasteiger partial charge in [-0.1, -0.05) is 0 Å². The van der Waals surface area contributed by atoms with E-state index in [9.17, 15) is 22.8 Å². The summed E-state index contributed by atoms with van der Waals surface area (Å²) in [5, 5.41) is 10.8. The van der Waals surface area contributed by atoms with E-state index in [1.807, 2.05) is 0 Å². The molecule has 0 atom stereocenters. The fourth-order valence-electron chi connectivity index (χ4n) is 1.64. The van der Waals surface area contributed by atoms with Crippen LogP contribution < -0.4 is 5.32 Å². The van der Waals surface area contributed by atoms with Crippen molar-refractivity contribution >= 4 is 17.6 Å². The number of halogens is 3. The average Bonchev–Trinajstić information content (AvgIpc) is 2.41. The maximum atomic E-state index is 13.4. The van der Waals surface area contributed by atoms with Gasteiger partial charge in [0, 0.05) is 5.69 Å². The molecule has 21 heavy (non-hydrogen) atoms. The highest BCUT2D eigenvalue weighted by atomic mass is 19.1. The Bertz CT molecular complexity index is 731. The summed E-state index contributed by atoms with van der Waals surface area (Å²) in [4.78, 5) is 22.4. The number of hydrogen-bond donors (Lipinski definition) is 2. The molecule has 0 aliphatic rings. The molecule has 2 aromatic rings. The predicted molar refractivity (Wildman–Crippen MR) is 67.7 cm³/mol. The molecule has 2 rings (SSSR count). The zero-order valence-corrected chi connectivity index (χ0v) is 10.4. The maximum absolute atomic E-state index is 13.4. The van der Waals surface area contributed by atoms with Gasteiger partial charge in [0.15, 0.2) is 0 Å². The number of hydrogen-bond acceptors (Lipinski definition) is 2. The molecule has 108 valence electrons. The van der Waals surface area contributed by atoms with Crippen molar-refractivity contribution in [1.82, 2.24) is 0 Å². The standard InChI is InChI=1S/C14H8F3NO3/c15-7-1-4-11(16)10(5-7)13(19)18-8-2-3-9(14(20)21)12(17)6-8/h1-6H,(H,18,19)(H,20,21). The van der Waals surface area contributed by atoms with Crippen molar-refractivity contribution in [3.63, 3.8) is 0 Å². The number of aromatic carboxylic acids is 1. The lowest BCUT2D eigenvalue weighted by molar-refractivity contribution is 0.0691. The molecule has 4 nitrogen and oxygen atoms in total. The molecule has 0 radical (unpaired) electrons. The Morgan fingerprint density at radius 2 is 1.62 bits per heavy atom. The number of carbonyl (C=O) groups is 2. The number of benzene rings is 2. The second-order valence-corrected chi connectivity index (χ2v) is 4.08. The van der Waals surface area contributed by atoms with Gasteiger partial charge in [-0.15, -0.1) is 0 Å². The van der Waals surface area contributed by atoms with E-state index < -0.39 is 40.5 Å². The molecule has 0 unspecified atom stereocenters. The second-order valence-electron chi connectivity index (χ2n) is 4.08. The summed E-state index contributed by atoms with van der Waals surface area (Å²) >= 11 is 0. The summed E-state index contributed by atoms with van der Waals surface area (Å²) in [5.41, 5.74) is -1.19. The first-order valence-corrected chi connectivity index (χ1v) is 5.67. The summed E-state index contributed by atoms with van der Waals surface area (Å²) in [7, 11) is 0. The second kappa shape index (κ2) is 5.66. The number of nitrogens with one attached hydrogen (secondary N) is 1. The largest absolute Gasteiger partial charge is 0.478 e. The molecule has 0 aliphatic heterocycles. The lowest BCUT2D eigenvalue weighted by Crippen LogP contribution is -2.14. The molecule has 0 saturated carbocycles. The Morgan fingerprint density at radius 3 is 2.24 bits per heavy atom. The number of rotatable bonds is 3. The predicted octanol–water partition coefficient (Wildman–Crippen LogP) is 3.05. The normalized spacial score (nSPS) is 10.2. The molecule has 0 spiro atoms. The van der Waals surface area contributed by atoms with Crippen molar-refractivity contribution < 1.29 is 27.9 Å². The maximum Gasteiger partial charge on any atom is 0.338 e. The number of carbonyl (C=O) groups excluding carboxylic acids is 1. The van der Waals surface area contributed by atoms with Gasteiger partial charge in [-0.2, -0.15) is 0 Å². The fraction of sp³-hybridized carbons (Fsp3) is 0. The summed E-state index contributed by atoms with van der Waals surface area (Å²) in [6.45, 7) is 0. The van der Waals surface area contributed by atoms with E-state index >= 15 is 0 Å². The van der Waals surface area contributed by atoms with Gasteiger partial charge in [0.05, 0.1) is 11.1 Å². The number of carboxylic acids is 1. The SMILES string of the molecule is O=C(O)c1ccc(NC(=O)c2cc(F)ccc2F)cc1F. The van der Waals surface area contributed by atoms with E-state index in [1.165, 1.54) is 0 Å². The lowest BCUT2D eigenvalue weighted by atomic mass is 10.1. The number of amides is 1. The van der Waals surface area contributed by atoms with Gasteiger partial charge in [-0.05, 0) is 36.4 Å². The lowest BCUT2D eigenvalue weighted by Gasteiger charge is -2.07. The Labute approximate surface area is 116 Å². The Morgan fingerprint density at radius 1 is 0.905 bits per heavy atom. The monoisotopic (exact) mass is 295 g/mol. The van der Waals surface area contributed by atoms with E-state index in [1.54, 1.807) is 0 Å². The number of anilines is 1. The molecule has 2 aromatic carbocycles. The first-order valence-electron chi connectivity index (χ1n) is 5.67. The van der Waals surface area contributed by atoms with Crippen LogP contribution in [0.3, 0.4) is 0 Å². The zero-order chi connectivity index (χ0) is 15.6. The molecule has 0 bridgehead atoms. The minimum Gasteiger partial charge on any atom is -0.478 e. The van der Waals surface area contributed by atoms with Crippen molar-refractivity contribution in [2.75, 3.05) is 5.32 Å². The van der Waals surface area contributed by atoms with Gasteiger partial charge in [-0.25, -0.2) is 18.0 Å². The van der Waals surface area contributed by atoms with Crippen LogP contribution >= 0.6 is 0 Å². The van der Waals surface area contributed by atoms with Crippen LogP contribution in [0.15, 0.2) is 36.4 Å². The Kier molecular flexibility index (Phi) is 3.93. The molecule has 1 amide bonds. The van der Waals surface area contributed by atoms with Crippen molar-refractivity contribution in [3.8, 4) is 0 Å². The summed E-state index contributed by atoms with van der Waals surface area (Å²) in [6.07, 6.45) is 0. The van der Waals surface area contributed by atoms with Crippen LogP contribution in [0.25, 0.3) is 0 Å². The van der Waals surface area contributed by atoms with Crippen molar-refractivity contribution in [2.24, 2.45) is 0 Å². The third-order valence-corrected chi connectivity index (χ3v) is 2.63. The van der Waals surface area contributed by atoms with Gasteiger partial charge < -0.3 is 10.4 Å². The quantitative estimate of drug-likeness (QED) is 0.914. The summed E-state index contributed by atoms with van der Waals surface area (Å²) in [6, 6.07) is 5.22. The third kappa shape index (κ3) is 3.19. The molecule has 0 saturated heterocycles. The number of carboxylic acid groups (broad SMARTS) is 1. The summed E-state index contributed by atoms with van der Waals surface area (Å²) < 4.78 is 39.8.